The van der Waals surface area contributed by atoms with Gasteiger partial charge >= 0.3 is 5.97 Å². The summed E-state index contributed by atoms with van der Waals surface area (Å²) in [6.07, 6.45) is 0. The van der Waals surface area contributed by atoms with E-state index in [0.29, 0.717) is 6.07 Å². The monoisotopic (exact) mass is 266 g/mol. The van der Waals surface area contributed by atoms with Gasteiger partial charge in [0.1, 0.15) is 17.3 Å². The zero-order chi connectivity index (χ0) is 14.2. The van der Waals surface area contributed by atoms with E-state index >= 15 is 0 Å². The molecule has 0 aliphatic rings. The molecule has 0 aliphatic heterocycles. The lowest BCUT2D eigenvalue weighted by molar-refractivity contribution is 0.0602. The molecule has 1 heterocycles. The molecule has 2 rings (SSSR count). The fourth-order valence-electron chi connectivity index (χ4n) is 1.68. The summed E-state index contributed by atoms with van der Waals surface area (Å²) in [5.74, 6) is -3.65. The molecular weight excluding hydrogens is 258 g/mol. The second-order valence-corrected chi connectivity index (χ2v) is 3.69. The average Bonchev–Trinajstić information content (AvgIpc) is 2.35. The molecule has 0 spiro atoms. The predicted molar refractivity (Wildman–Crippen MR) is 61.5 cm³/mol. The highest BCUT2D eigenvalue weighted by atomic mass is 19.1. The smallest absolute Gasteiger partial charge is 0.338 e. The average molecular weight is 266 g/mol. The number of nitrogens with two attached hydrogens (primary N) is 1. The molecular formula is C12H8F2N2O3. The van der Waals surface area contributed by atoms with Crippen molar-refractivity contribution in [2.75, 3.05) is 7.11 Å². The van der Waals surface area contributed by atoms with E-state index < -0.39 is 23.5 Å². The minimum atomic E-state index is -0.973. The van der Waals surface area contributed by atoms with E-state index in [2.05, 4.69) is 9.72 Å². The highest BCUT2D eigenvalue weighted by Gasteiger charge is 2.19. The molecule has 1 aromatic carbocycles. The first-order valence-electron chi connectivity index (χ1n) is 5.12. The molecule has 1 aromatic heterocycles. The third kappa shape index (κ3) is 2.22. The van der Waals surface area contributed by atoms with E-state index in [1.807, 2.05) is 0 Å². The van der Waals surface area contributed by atoms with Crippen LogP contribution in [0.2, 0.25) is 0 Å². The molecule has 1 amide bonds. The van der Waals surface area contributed by atoms with Crippen molar-refractivity contribution in [3.8, 4) is 0 Å². The number of carbonyl (C=O) groups is 2. The van der Waals surface area contributed by atoms with Crippen LogP contribution in [-0.4, -0.2) is 24.0 Å². The summed E-state index contributed by atoms with van der Waals surface area (Å²) in [5, 5.41) is -0.224. The van der Waals surface area contributed by atoms with E-state index in [1.165, 1.54) is 0 Å². The van der Waals surface area contributed by atoms with Gasteiger partial charge in [-0.05, 0) is 6.07 Å². The molecule has 0 radical (unpaired) electrons. The largest absolute Gasteiger partial charge is 0.465 e. The molecule has 0 atom stereocenters. The fourth-order valence-corrected chi connectivity index (χ4v) is 1.68. The van der Waals surface area contributed by atoms with Crippen LogP contribution in [-0.2, 0) is 4.74 Å². The Bertz CT molecular complexity index is 701. The number of primary amides is 1. The number of rotatable bonds is 2. The number of esters is 1. The van der Waals surface area contributed by atoms with Gasteiger partial charge < -0.3 is 10.5 Å². The molecule has 19 heavy (non-hydrogen) atoms. The molecule has 0 bridgehead atoms. The number of nitrogens with zero attached hydrogens (tertiary/aromatic N) is 1. The first-order valence-corrected chi connectivity index (χ1v) is 5.12. The van der Waals surface area contributed by atoms with Gasteiger partial charge in [0.25, 0.3) is 5.91 Å². The number of amides is 1. The SMILES string of the molecule is COC(=O)c1cc(C(N)=O)nc2cc(F)cc(F)c12. The van der Waals surface area contributed by atoms with Crippen LogP contribution in [0.3, 0.4) is 0 Å². The summed E-state index contributed by atoms with van der Waals surface area (Å²) in [4.78, 5) is 26.4. The van der Waals surface area contributed by atoms with Crippen LogP contribution in [0.15, 0.2) is 18.2 Å². The van der Waals surface area contributed by atoms with Crippen molar-refractivity contribution in [1.82, 2.24) is 4.98 Å². The first kappa shape index (κ1) is 12.9. The Hall–Kier alpha value is -2.57. The van der Waals surface area contributed by atoms with Crippen LogP contribution in [0.4, 0.5) is 8.78 Å². The van der Waals surface area contributed by atoms with Crippen LogP contribution >= 0.6 is 0 Å². The standard InChI is InChI=1S/C12H8F2N2O3/c1-19-12(18)6-4-9(11(15)17)16-8-3-5(13)2-7(14)10(6)8/h2-4H,1H3,(H2,15,17). The van der Waals surface area contributed by atoms with Crippen LogP contribution in [0.25, 0.3) is 10.9 Å². The van der Waals surface area contributed by atoms with Crippen LogP contribution in [0.5, 0.6) is 0 Å². The number of ether oxygens (including phenoxy) is 1. The maximum atomic E-state index is 13.7. The number of hydrogen-bond donors (Lipinski definition) is 1. The maximum Gasteiger partial charge on any atom is 0.338 e. The Morgan fingerprint density at radius 2 is 1.95 bits per heavy atom. The normalized spacial score (nSPS) is 10.5. The summed E-state index contributed by atoms with van der Waals surface area (Å²) in [7, 11) is 1.10. The topological polar surface area (TPSA) is 82.3 Å². The van der Waals surface area contributed by atoms with Crippen LogP contribution < -0.4 is 5.73 Å². The number of fused-ring (bicyclic) bond motifs is 1. The van der Waals surface area contributed by atoms with Crippen molar-refractivity contribution in [2.24, 2.45) is 5.73 Å². The third-order valence-electron chi connectivity index (χ3n) is 2.48. The van der Waals surface area contributed by atoms with Crippen molar-refractivity contribution in [2.45, 2.75) is 0 Å². The molecule has 0 aliphatic carbocycles. The summed E-state index contributed by atoms with van der Waals surface area (Å²) in [6.45, 7) is 0. The Labute approximate surface area is 106 Å². The number of halogens is 2. The molecule has 0 saturated carbocycles. The fraction of sp³-hybridized carbons (Fsp3) is 0.0833. The second kappa shape index (κ2) is 4.60. The molecule has 5 nitrogen and oxygen atoms in total. The van der Waals surface area contributed by atoms with Gasteiger partial charge in [-0.3, -0.25) is 4.79 Å². The number of aromatic nitrogens is 1. The lowest BCUT2D eigenvalue weighted by Gasteiger charge is -2.07. The second-order valence-electron chi connectivity index (χ2n) is 3.69. The van der Waals surface area contributed by atoms with Gasteiger partial charge in [0.05, 0.1) is 23.6 Å². The minimum absolute atomic E-state index is 0.186. The van der Waals surface area contributed by atoms with Gasteiger partial charge in [0, 0.05) is 12.1 Å². The van der Waals surface area contributed by atoms with Crippen molar-refractivity contribution in [3.63, 3.8) is 0 Å². The zero-order valence-corrected chi connectivity index (χ0v) is 9.74. The lowest BCUT2D eigenvalue weighted by Crippen LogP contribution is -2.15. The quantitative estimate of drug-likeness (QED) is 0.833. The van der Waals surface area contributed by atoms with E-state index in [-0.39, 0.29) is 22.2 Å². The highest BCUT2D eigenvalue weighted by Crippen LogP contribution is 2.23. The number of methoxy groups -OCH3 is 1. The number of hydrogen-bond acceptors (Lipinski definition) is 4. The summed E-state index contributed by atoms with van der Waals surface area (Å²) >= 11 is 0. The van der Waals surface area contributed by atoms with Crippen LogP contribution in [0.1, 0.15) is 20.8 Å². The van der Waals surface area contributed by atoms with E-state index in [0.717, 1.165) is 19.2 Å². The van der Waals surface area contributed by atoms with E-state index in [1.54, 1.807) is 0 Å². The third-order valence-corrected chi connectivity index (χ3v) is 2.48. The molecule has 2 N–H and O–H groups in total. The molecule has 0 unspecified atom stereocenters. The molecule has 0 fully saturated rings. The van der Waals surface area contributed by atoms with Gasteiger partial charge in [-0.2, -0.15) is 0 Å². The number of carbonyl (C=O) groups excluding carboxylic acids is 2. The summed E-state index contributed by atoms with van der Waals surface area (Å²) in [6, 6.07) is 2.52. The van der Waals surface area contributed by atoms with Crippen molar-refractivity contribution in [3.05, 3.63) is 41.1 Å². The summed E-state index contributed by atoms with van der Waals surface area (Å²) in [5.41, 5.74) is 4.35. The summed E-state index contributed by atoms with van der Waals surface area (Å²) < 4.78 is 31.4. The van der Waals surface area contributed by atoms with Crippen molar-refractivity contribution < 1.29 is 23.1 Å². The van der Waals surface area contributed by atoms with Gasteiger partial charge in [0.2, 0.25) is 0 Å². The lowest BCUT2D eigenvalue weighted by atomic mass is 10.1. The Balaban J connectivity index is 2.90. The van der Waals surface area contributed by atoms with Crippen molar-refractivity contribution >= 4 is 22.8 Å². The highest BCUT2D eigenvalue weighted by molar-refractivity contribution is 6.06. The maximum absolute atomic E-state index is 13.7. The van der Waals surface area contributed by atoms with E-state index in [4.69, 9.17) is 5.73 Å². The predicted octanol–water partition coefficient (Wildman–Crippen LogP) is 1.40. The molecule has 2 aromatic rings. The Morgan fingerprint density at radius 1 is 1.26 bits per heavy atom. The molecule has 98 valence electrons. The minimum Gasteiger partial charge on any atom is -0.465 e. The van der Waals surface area contributed by atoms with Gasteiger partial charge in [-0.1, -0.05) is 0 Å². The Kier molecular flexibility index (Phi) is 3.12. The van der Waals surface area contributed by atoms with Gasteiger partial charge in [0.15, 0.2) is 0 Å². The molecule has 0 saturated heterocycles. The number of pyridine rings is 1. The van der Waals surface area contributed by atoms with Crippen molar-refractivity contribution in [1.29, 1.82) is 0 Å². The first-order chi connectivity index (χ1) is 8.93. The Morgan fingerprint density at radius 3 is 2.53 bits per heavy atom. The van der Waals surface area contributed by atoms with Gasteiger partial charge in [-0.25, -0.2) is 18.6 Å². The number of benzene rings is 1. The molecule has 7 heteroatoms. The van der Waals surface area contributed by atoms with Gasteiger partial charge in [-0.15, -0.1) is 0 Å². The van der Waals surface area contributed by atoms with Crippen LogP contribution in [0, 0.1) is 11.6 Å². The van der Waals surface area contributed by atoms with E-state index in [9.17, 15) is 18.4 Å². The zero-order valence-electron chi connectivity index (χ0n) is 9.74.